The second-order valence-electron chi connectivity index (χ2n) is 3.15. The number of alkyl halides is 7. The summed E-state index contributed by atoms with van der Waals surface area (Å²) in [5, 5.41) is 26.5. The summed E-state index contributed by atoms with van der Waals surface area (Å²) < 4.78 is 80.5. The molecule has 0 unspecified atom stereocenters. The van der Waals surface area contributed by atoms with Gasteiger partial charge in [0.15, 0.2) is 0 Å². The summed E-state index contributed by atoms with van der Waals surface area (Å²) in [5.41, 5.74) is 0. The first-order chi connectivity index (χ1) is 8.86. The summed E-state index contributed by atoms with van der Waals surface area (Å²) in [6, 6.07) is 0. The number of halogens is 7. The second-order valence-corrected chi connectivity index (χ2v) is 3.15. The Morgan fingerprint density at radius 3 is 1.40 bits per heavy atom. The molecule has 0 aromatic rings. The van der Waals surface area contributed by atoms with Gasteiger partial charge in [0.05, 0.1) is 13.2 Å². The van der Waals surface area contributed by atoms with Gasteiger partial charge in [-0.3, -0.25) is 0 Å². The standard InChI is InChI=1S/C4HF7O2.C4H11NO2/c5-2(6,1(12)13)3(7,8)4(9,10)11;6-3-1-5-2-4-7/h(H,12,13);5-7H,1-4H2. The highest BCUT2D eigenvalue weighted by atomic mass is 19.4. The van der Waals surface area contributed by atoms with Gasteiger partial charge >= 0.3 is 24.0 Å². The van der Waals surface area contributed by atoms with Crippen LogP contribution in [0.1, 0.15) is 0 Å². The van der Waals surface area contributed by atoms with Gasteiger partial charge in [0.25, 0.3) is 0 Å². The number of hydrogen-bond acceptors (Lipinski definition) is 4. The second kappa shape index (κ2) is 8.21. The van der Waals surface area contributed by atoms with Crippen LogP contribution >= 0.6 is 0 Å². The topological polar surface area (TPSA) is 89.8 Å². The number of nitrogens with one attached hydrogen (secondary N) is 1. The Morgan fingerprint density at radius 2 is 1.25 bits per heavy atom. The lowest BCUT2D eigenvalue weighted by molar-refractivity contribution is -0.347. The Labute approximate surface area is 108 Å². The fourth-order valence-electron chi connectivity index (χ4n) is 0.595. The van der Waals surface area contributed by atoms with Gasteiger partial charge in [0, 0.05) is 13.1 Å². The molecule has 5 nitrogen and oxygen atoms in total. The minimum absolute atomic E-state index is 0.139. The third kappa shape index (κ3) is 5.88. The first-order valence-electron chi connectivity index (χ1n) is 4.84. The molecule has 0 aliphatic heterocycles. The molecule has 0 aliphatic carbocycles. The third-order valence-electron chi connectivity index (χ3n) is 1.60. The van der Waals surface area contributed by atoms with Crippen molar-refractivity contribution in [2.75, 3.05) is 26.3 Å². The summed E-state index contributed by atoms with van der Waals surface area (Å²) >= 11 is 0. The molecule has 122 valence electrons. The number of carbonyl (C=O) groups is 1. The fraction of sp³-hybridized carbons (Fsp3) is 0.875. The maximum Gasteiger partial charge on any atom is 0.460 e. The number of carboxylic acid groups (broad SMARTS) is 1. The molecule has 0 amide bonds. The fourth-order valence-corrected chi connectivity index (χ4v) is 0.595. The highest BCUT2D eigenvalue weighted by Crippen LogP contribution is 2.46. The van der Waals surface area contributed by atoms with Crippen molar-refractivity contribution in [2.45, 2.75) is 18.0 Å². The summed E-state index contributed by atoms with van der Waals surface area (Å²) in [5.74, 6) is -16.3. The Kier molecular flexibility index (Phi) is 8.69. The minimum atomic E-state index is -6.60. The van der Waals surface area contributed by atoms with E-state index in [-0.39, 0.29) is 13.2 Å². The highest BCUT2D eigenvalue weighted by Gasteiger charge is 2.76. The van der Waals surface area contributed by atoms with Crippen LogP contribution in [0, 0.1) is 0 Å². The van der Waals surface area contributed by atoms with Gasteiger partial charge in [-0.2, -0.15) is 30.7 Å². The van der Waals surface area contributed by atoms with Crippen molar-refractivity contribution in [3.8, 4) is 0 Å². The molecular formula is C8H12F7NO4. The summed E-state index contributed by atoms with van der Waals surface area (Å²) in [4.78, 5) is 9.38. The van der Waals surface area contributed by atoms with Crippen LogP contribution in [-0.2, 0) is 4.79 Å². The Balaban J connectivity index is 0. The minimum Gasteiger partial charge on any atom is -0.477 e. The zero-order valence-electron chi connectivity index (χ0n) is 9.72. The Bertz CT molecular complexity index is 291. The first kappa shape index (κ1) is 21.2. The van der Waals surface area contributed by atoms with Crippen molar-refractivity contribution < 1.29 is 50.8 Å². The number of aliphatic hydroxyl groups excluding tert-OH is 2. The number of hydrogen-bond donors (Lipinski definition) is 4. The molecule has 20 heavy (non-hydrogen) atoms. The van der Waals surface area contributed by atoms with E-state index in [0.29, 0.717) is 13.1 Å². The SMILES string of the molecule is O=C(O)C(F)(F)C(F)(F)C(F)(F)F.OCCNCCO. The number of carboxylic acids is 1. The predicted octanol–water partition coefficient (Wildman–Crippen LogP) is 0.465. The maximum atomic E-state index is 11.8. The van der Waals surface area contributed by atoms with Gasteiger partial charge < -0.3 is 20.6 Å². The average molecular weight is 319 g/mol. The molecule has 0 fully saturated rings. The van der Waals surface area contributed by atoms with Crippen molar-refractivity contribution in [2.24, 2.45) is 0 Å². The lowest BCUT2D eigenvalue weighted by Gasteiger charge is -2.24. The maximum absolute atomic E-state index is 11.8. The average Bonchev–Trinajstić information content (AvgIpc) is 2.28. The van der Waals surface area contributed by atoms with Gasteiger partial charge in [-0.25, -0.2) is 4.79 Å². The van der Waals surface area contributed by atoms with Gasteiger partial charge in [-0.15, -0.1) is 0 Å². The van der Waals surface area contributed by atoms with Gasteiger partial charge in [0.2, 0.25) is 0 Å². The number of rotatable bonds is 6. The number of aliphatic carboxylic acids is 1. The molecule has 0 spiro atoms. The first-order valence-corrected chi connectivity index (χ1v) is 4.84. The van der Waals surface area contributed by atoms with Crippen LogP contribution in [0.25, 0.3) is 0 Å². The quantitative estimate of drug-likeness (QED) is 0.422. The van der Waals surface area contributed by atoms with E-state index in [1.165, 1.54) is 0 Å². The Hall–Kier alpha value is -1.14. The van der Waals surface area contributed by atoms with Crippen LogP contribution in [0.5, 0.6) is 0 Å². The van der Waals surface area contributed by atoms with Crippen LogP contribution in [0.2, 0.25) is 0 Å². The summed E-state index contributed by atoms with van der Waals surface area (Å²) in [6.45, 7) is 1.42. The molecule has 12 heteroatoms. The zero-order chi connectivity index (χ0) is 16.6. The molecule has 0 rings (SSSR count). The monoisotopic (exact) mass is 319 g/mol. The van der Waals surface area contributed by atoms with E-state index in [4.69, 9.17) is 15.3 Å². The third-order valence-corrected chi connectivity index (χ3v) is 1.60. The predicted molar refractivity (Wildman–Crippen MR) is 50.6 cm³/mol. The molecule has 0 aliphatic rings. The molecule has 0 saturated carbocycles. The molecule has 0 saturated heterocycles. The lowest BCUT2D eigenvalue weighted by atomic mass is 10.1. The molecule has 0 atom stereocenters. The van der Waals surface area contributed by atoms with Crippen molar-refractivity contribution >= 4 is 5.97 Å². The van der Waals surface area contributed by atoms with Crippen molar-refractivity contribution in [3.63, 3.8) is 0 Å². The van der Waals surface area contributed by atoms with Crippen LogP contribution in [0.3, 0.4) is 0 Å². The summed E-state index contributed by atoms with van der Waals surface area (Å²) in [6.07, 6.45) is -6.60. The number of aliphatic hydroxyl groups is 2. The van der Waals surface area contributed by atoms with Crippen molar-refractivity contribution in [1.29, 1.82) is 0 Å². The van der Waals surface area contributed by atoms with Crippen LogP contribution in [-0.4, -0.2) is 65.6 Å². The Morgan fingerprint density at radius 1 is 0.900 bits per heavy atom. The van der Waals surface area contributed by atoms with E-state index in [0.717, 1.165) is 0 Å². The highest BCUT2D eigenvalue weighted by molar-refractivity contribution is 5.76. The van der Waals surface area contributed by atoms with E-state index < -0.39 is 24.0 Å². The van der Waals surface area contributed by atoms with Crippen molar-refractivity contribution in [3.05, 3.63) is 0 Å². The van der Waals surface area contributed by atoms with E-state index in [9.17, 15) is 35.5 Å². The lowest BCUT2D eigenvalue weighted by Crippen LogP contribution is -2.56. The molecule has 0 bridgehead atoms. The van der Waals surface area contributed by atoms with Crippen LogP contribution < -0.4 is 5.32 Å². The molecule has 0 aromatic carbocycles. The largest absolute Gasteiger partial charge is 0.477 e. The molecule has 0 heterocycles. The van der Waals surface area contributed by atoms with Gasteiger partial charge in [0.1, 0.15) is 0 Å². The summed E-state index contributed by atoms with van der Waals surface area (Å²) in [7, 11) is 0. The van der Waals surface area contributed by atoms with Crippen LogP contribution in [0.15, 0.2) is 0 Å². The van der Waals surface area contributed by atoms with Gasteiger partial charge in [-0.1, -0.05) is 0 Å². The molecule has 0 aromatic heterocycles. The molecule has 0 radical (unpaired) electrons. The van der Waals surface area contributed by atoms with Crippen LogP contribution in [0.4, 0.5) is 30.7 Å². The van der Waals surface area contributed by atoms with E-state index in [1.54, 1.807) is 0 Å². The van der Waals surface area contributed by atoms with E-state index in [2.05, 4.69) is 5.32 Å². The molecule has 4 N–H and O–H groups in total. The molecular weight excluding hydrogens is 307 g/mol. The van der Waals surface area contributed by atoms with E-state index >= 15 is 0 Å². The smallest absolute Gasteiger partial charge is 0.460 e. The van der Waals surface area contributed by atoms with E-state index in [1.807, 2.05) is 0 Å². The normalized spacial score (nSPS) is 12.7. The zero-order valence-corrected chi connectivity index (χ0v) is 9.72. The van der Waals surface area contributed by atoms with Crippen molar-refractivity contribution in [1.82, 2.24) is 5.32 Å². The van der Waals surface area contributed by atoms with Gasteiger partial charge in [-0.05, 0) is 0 Å².